The van der Waals surface area contributed by atoms with Crippen LogP contribution in [0.25, 0.3) is 5.69 Å². The monoisotopic (exact) mass is 441 g/mol. The lowest BCUT2D eigenvalue weighted by atomic mass is 10.2. The van der Waals surface area contributed by atoms with Gasteiger partial charge in [-0.1, -0.05) is 64.5 Å². The third-order valence-corrected chi connectivity index (χ3v) is 6.35. The number of aromatic nitrogens is 2. The molecular weight excluding hydrogens is 429 g/mol. The minimum atomic E-state index is -0.0888. The molecule has 0 spiro atoms. The molecule has 3 aromatic rings. The predicted molar refractivity (Wildman–Crippen MR) is 111 cm³/mol. The zero-order valence-electron chi connectivity index (χ0n) is 13.3. The van der Waals surface area contributed by atoms with Crippen LogP contribution in [0.5, 0.6) is 0 Å². The van der Waals surface area contributed by atoms with E-state index in [0.717, 1.165) is 15.6 Å². The third kappa shape index (κ3) is 5.08. The van der Waals surface area contributed by atoms with Gasteiger partial charge in [-0.3, -0.25) is 4.79 Å². The topological polar surface area (TPSA) is 46.9 Å². The number of nitrogens with one attached hydrogen (secondary N) is 1. The molecule has 9 heteroatoms. The standard InChI is InChI=1S/C17H13Cl2N3OS3/c18-12-5-7-13(8-6-12)22-17(24)26-16(21-22)25-10-15(23)20-9-11-3-1-2-4-14(11)19/h1-8H,9-10H2,(H,20,23). The number of amides is 1. The van der Waals surface area contributed by atoms with Gasteiger partial charge in [-0.2, -0.15) is 0 Å². The summed E-state index contributed by atoms with van der Waals surface area (Å²) in [7, 11) is 0. The van der Waals surface area contributed by atoms with Gasteiger partial charge < -0.3 is 5.32 Å². The average molecular weight is 442 g/mol. The van der Waals surface area contributed by atoms with Gasteiger partial charge in [0, 0.05) is 16.6 Å². The highest BCUT2D eigenvalue weighted by Crippen LogP contribution is 2.24. The number of rotatable bonds is 6. The number of nitrogens with zero attached hydrogens (tertiary/aromatic N) is 2. The molecule has 2 aromatic carbocycles. The smallest absolute Gasteiger partial charge is 0.230 e. The quantitative estimate of drug-likeness (QED) is 0.411. The van der Waals surface area contributed by atoms with E-state index in [4.69, 9.17) is 35.4 Å². The van der Waals surface area contributed by atoms with Crippen molar-refractivity contribution in [1.82, 2.24) is 15.1 Å². The maximum absolute atomic E-state index is 12.1. The normalized spacial score (nSPS) is 10.7. The Morgan fingerprint density at radius 3 is 2.65 bits per heavy atom. The van der Waals surface area contributed by atoms with Crippen molar-refractivity contribution in [1.29, 1.82) is 0 Å². The fourth-order valence-electron chi connectivity index (χ4n) is 2.08. The van der Waals surface area contributed by atoms with Crippen LogP contribution >= 0.6 is 58.5 Å². The van der Waals surface area contributed by atoms with Crippen LogP contribution in [0.3, 0.4) is 0 Å². The van der Waals surface area contributed by atoms with E-state index in [2.05, 4.69) is 10.4 Å². The molecule has 0 fully saturated rings. The highest BCUT2D eigenvalue weighted by atomic mass is 35.5. The summed E-state index contributed by atoms with van der Waals surface area (Å²) in [6.07, 6.45) is 0. The molecule has 3 rings (SSSR count). The number of hydrogen-bond donors (Lipinski definition) is 1. The van der Waals surface area contributed by atoms with Gasteiger partial charge in [0.1, 0.15) is 0 Å². The zero-order valence-corrected chi connectivity index (χ0v) is 17.3. The molecular formula is C17H13Cl2N3OS3. The van der Waals surface area contributed by atoms with Gasteiger partial charge in [-0.15, -0.1) is 5.10 Å². The minimum Gasteiger partial charge on any atom is -0.351 e. The first-order chi connectivity index (χ1) is 12.5. The van der Waals surface area contributed by atoms with E-state index in [9.17, 15) is 4.79 Å². The molecule has 4 nitrogen and oxygen atoms in total. The van der Waals surface area contributed by atoms with Crippen LogP contribution in [0.15, 0.2) is 52.9 Å². The van der Waals surface area contributed by atoms with Crippen LogP contribution in [-0.4, -0.2) is 21.4 Å². The lowest BCUT2D eigenvalue weighted by Crippen LogP contribution is -2.24. The molecule has 0 saturated heterocycles. The third-order valence-electron chi connectivity index (χ3n) is 3.36. The number of hydrogen-bond acceptors (Lipinski definition) is 5. The molecule has 134 valence electrons. The van der Waals surface area contributed by atoms with Crippen molar-refractivity contribution < 1.29 is 4.79 Å². The highest BCUT2D eigenvalue weighted by Gasteiger charge is 2.10. The summed E-state index contributed by atoms with van der Waals surface area (Å²) in [5.74, 6) is 0.168. The maximum Gasteiger partial charge on any atom is 0.230 e. The van der Waals surface area contributed by atoms with E-state index < -0.39 is 0 Å². The molecule has 1 amide bonds. The van der Waals surface area contributed by atoms with Crippen LogP contribution in [-0.2, 0) is 11.3 Å². The number of thioether (sulfide) groups is 1. The Hall–Kier alpha value is -1.38. The number of carbonyl (C=O) groups excluding carboxylic acids is 1. The Labute approximate surface area is 174 Å². The molecule has 1 heterocycles. The van der Waals surface area contributed by atoms with Crippen molar-refractivity contribution in [2.24, 2.45) is 0 Å². The summed E-state index contributed by atoms with van der Waals surface area (Å²) >= 11 is 20.1. The van der Waals surface area contributed by atoms with Gasteiger partial charge in [0.15, 0.2) is 8.29 Å². The molecule has 0 aliphatic carbocycles. The first-order valence-electron chi connectivity index (χ1n) is 7.52. The molecule has 26 heavy (non-hydrogen) atoms. The summed E-state index contributed by atoms with van der Waals surface area (Å²) in [5, 5.41) is 8.61. The van der Waals surface area contributed by atoms with Crippen LogP contribution in [0, 0.1) is 3.95 Å². The van der Waals surface area contributed by atoms with E-state index in [1.807, 2.05) is 30.3 Å². The predicted octanol–water partition coefficient (Wildman–Crippen LogP) is 5.38. The Kier molecular flexibility index (Phi) is 6.72. The second-order valence-electron chi connectivity index (χ2n) is 5.18. The van der Waals surface area contributed by atoms with Crippen LogP contribution in [0.2, 0.25) is 10.0 Å². The fraction of sp³-hybridized carbons (Fsp3) is 0.118. The Bertz CT molecular complexity index is 970. The van der Waals surface area contributed by atoms with Crippen molar-refractivity contribution >= 4 is 64.4 Å². The second-order valence-corrected chi connectivity index (χ2v) is 8.87. The molecule has 0 aliphatic rings. The van der Waals surface area contributed by atoms with E-state index in [0.29, 0.717) is 20.5 Å². The molecule has 0 aliphatic heterocycles. The van der Waals surface area contributed by atoms with E-state index in [1.54, 1.807) is 22.9 Å². The maximum atomic E-state index is 12.1. The van der Waals surface area contributed by atoms with Crippen molar-refractivity contribution in [2.45, 2.75) is 10.9 Å². The lowest BCUT2D eigenvalue weighted by molar-refractivity contribution is -0.118. The van der Waals surface area contributed by atoms with Crippen molar-refractivity contribution in [3.8, 4) is 5.69 Å². The van der Waals surface area contributed by atoms with Gasteiger partial charge in [-0.05, 0) is 48.1 Å². The lowest BCUT2D eigenvalue weighted by Gasteiger charge is -2.06. The van der Waals surface area contributed by atoms with Crippen molar-refractivity contribution in [2.75, 3.05) is 5.75 Å². The summed E-state index contributed by atoms with van der Waals surface area (Å²) in [5.41, 5.74) is 1.72. The molecule has 0 bridgehead atoms. The Morgan fingerprint density at radius 1 is 1.19 bits per heavy atom. The minimum absolute atomic E-state index is 0.0888. The SMILES string of the molecule is O=C(CSc1nn(-c2ccc(Cl)cc2)c(=S)s1)NCc1ccccc1Cl. The van der Waals surface area contributed by atoms with E-state index in [1.165, 1.54) is 23.1 Å². The summed E-state index contributed by atoms with van der Waals surface area (Å²) in [6, 6.07) is 14.7. The number of halogens is 2. The summed E-state index contributed by atoms with van der Waals surface area (Å²) < 4.78 is 3.02. The zero-order chi connectivity index (χ0) is 18.5. The van der Waals surface area contributed by atoms with Crippen LogP contribution in [0.1, 0.15) is 5.56 Å². The molecule has 0 radical (unpaired) electrons. The highest BCUT2D eigenvalue weighted by molar-refractivity contribution is 8.01. The first-order valence-corrected chi connectivity index (χ1v) is 10.5. The van der Waals surface area contributed by atoms with Gasteiger partial charge in [0.2, 0.25) is 5.91 Å². The van der Waals surface area contributed by atoms with E-state index in [-0.39, 0.29) is 11.7 Å². The average Bonchev–Trinajstić information content (AvgIpc) is 3.01. The Morgan fingerprint density at radius 2 is 1.92 bits per heavy atom. The van der Waals surface area contributed by atoms with E-state index >= 15 is 0 Å². The Balaban J connectivity index is 1.57. The van der Waals surface area contributed by atoms with Gasteiger partial charge in [0.05, 0.1) is 11.4 Å². The van der Waals surface area contributed by atoms with Gasteiger partial charge in [-0.25, -0.2) is 4.68 Å². The van der Waals surface area contributed by atoms with Crippen LogP contribution in [0.4, 0.5) is 0 Å². The number of benzene rings is 2. The molecule has 0 saturated carbocycles. The van der Waals surface area contributed by atoms with Gasteiger partial charge in [0.25, 0.3) is 0 Å². The molecule has 1 aromatic heterocycles. The molecule has 1 N–H and O–H groups in total. The van der Waals surface area contributed by atoms with Gasteiger partial charge >= 0.3 is 0 Å². The molecule has 0 atom stereocenters. The van der Waals surface area contributed by atoms with Crippen LogP contribution < -0.4 is 5.32 Å². The number of carbonyl (C=O) groups is 1. The van der Waals surface area contributed by atoms with Crippen molar-refractivity contribution in [3.05, 3.63) is 68.1 Å². The first kappa shape index (κ1) is 19.4. The summed E-state index contributed by atoms with van der Waals surface area (Å²) in [6.45, 7) is 0.397. The fourth-order valence-corrected chi connectivity index (χ4v) is 4.60. The second kappa shape index (κ2) is 9.01. The van der Waals surface area contributed by atoms with Crippen molar-refractivity contribution in [3.63, 3.8) is 0 Å². The molecule has 0 unspecified atom stereocenters. The largest absolute Gasteiger partial charge is 0.351 e. The summed E-state index contributed by atoms with van der Waals surface area (Å²) in [4.78, 5) is 12.1.